The van der Waals surface area contributed by atoms with Gasteiger partial charge in [-0.05, 0) is 0 Å². The van der Waals surface area contributed by atoms with Crippen LogP contribution in [0.15, 0.2) is 47.9 Å². The summed E-state index contributed by atoms with van der Waals surface area (Å²) in [4.78, 5) is 0. The summed E-state index contributed by atoms with van der Waals surface area (Å²) in [6.07, 6.45) is 7.60. The molecule has 0 amide bonds. The number of hydrogen-bond acceptors (Lipinski definition) is 0. The molecule has 0 N–H and O–H groups in total. The van der Waals surface area contributed by atoms with E-state index in [1.165, 1.54) is 10.4 Å². The maximum absolute atomic E-state index is 3.88. The molecule has 0 rings (SSSR count). The van der Waals surface area contributed by atoms with Gasteiger partial charge in [0.15, 0.2) is 0 Å². The molecule has 94 valence electrons. The van der Waals surface area contributed by atoms with Gasteiger partial charge < -0.3 is 0 Å². The van der Waals surface area contributed by atoms with E-state index in [2.05, 4.69) is 53.2 Å². The predicted octanol–water partition coefficient (Wildman–Crippen LogP) is 3.92. The summed E-state index contributed by atoms with van der Waals surface area (Å²) in [7, 11) is -1.21. The van der Waals surface area contributed by atoms with Gasteiger partial charge in [0.2, 0.25) is 0 Å². The van der Waals surface area contributed by atoms with Crippen LogP contribution in [0.2, 0.25) is 26.2 Å². The largest absolute Gasteiger partial charge is 2.00 e. The molecular formula is C14H26Si2Zr. The van der Waals surface area contributed by atoms with E-state index >= 15 is 0 Å². The van der Waals surface area contributed by atoms with Crippen LogP contribution in [0.3, 0.4) is 0 Å². The topological polar surface area (TPSA) is 0 Å². The predicted molar refractivity (Wildman–Crippen MR) is 85.0 cm³/mol. The van der Waals surface area contributed by atoms with Gasteiger partial charge in [-0.15, -0.1) is 23.6 Å². The van der Waals surface area contributed by atoms with Crippen molar-refractivity contribution in [2.75, 3.05) is 0 Å². The molecule has 0 nitrogen and oxygen atoms in total. The van der Waals surface area contributed by atoms with Crippen molar-refractivity contribution in [3.63, 3.8) is 0 Å². The van der Waals surface area contributed by atoms with Gasteiger partial charge in [-0.1, -0.05) is 26.2 Å². The Morgan fingerprint density at radius 3 is 1.12 bits per heavy atom. The van der Waals surface area contributed by atoms with E-state index in [1.54, 1.807) is 12.2 Å². The minimum absolute atomic E-state index is 0. The molecular weight excluding hydrogens is 316 g/mol. The fourth-order valence-electron chi connectivity index (χ4n) is 0.688. The summed E-state index contributed by atoms with van der Waals surface area (Å²) in [5.74, 6) is 0. The summed E-state index contributed by atoms with van der Waals surface area (Å²) in [5, 5.41) is 2.56. The molecule has 0 saturated carbocycles. The summed E-state index contributed by atoms with van der Waals surface area (Å²) < 4.78 is 0. The Kier molecular flexibility index (Phi) is 18.4. The number of hydrogen-bond donors (Lipinski definition) is 0. The Labute approximate surface area is 131 Å². The van der Waals surface area contributed by atoms with E-state index in [0.717, 1.165) is 0 Å². The van der Waals surface area contributed by atoms with Crippen molar-refractivity contribution in [2.24, 2.45) is 0 Å². The maximum atomic E-state index is 3.88. The quantitative estimate of drug-likeness (QED) is 0.413. The van der Waals surface area contributed by atoms with Crippen LogP contribution in [-0.2, 0) is 26.2 Å². The fraction of sp³-hybridized carbons (Fsp3) is 0.286. The first-order chi connectivity index (χ1) is 7.36. The maximum Gasteiger partial charge on any atom is 2.00 e. The van der Waals surface area contributed by atoms with Crippen LogP contribution in [0.25, 0.3) is 0 Å². The fourth-order valence-corrected chi connectivity index (χ4v) is 1.73. The summed E-state index contributed by atoms with van der Waals surface area (Å²) in [6, 6.07) is 0. The molecule has 0 aromatic heterocycles. The Morgan fingerprint density at radius 2 is 1.06 bits per heavy atom. The molecule has 17 heavy (non-hydrogen) atoms. The molecule has 0 aliphatic rings. The first kappa shape index (κ1) is 22.2. The number of rotatable bonds is 4. The molecule has 3 heteroatoms. The molecule has 0 saturated heterocycles. The molecule has 0 aliphatic carbocycles. The summed E-state index contributed by atoms with van der Waals surface area (Å²) in [6.45, 7) is 23.9. The van der Waals surface area contributed by atoms with Gasteiger partial charge in [0.1, 0.15) is 0 Å². The van der Waals surface area contributed by atoms with Gasteiger partial charge in [-0.2, -0.15) is 0 Å². The van der Waals surface area contributed by atoms with Crippen LogP contribution in [0.5, 0.6) is 0 Å². The van der Waals surface area contributed by atoms with Crippen molar-refractivity contribution in [3.8, 4) is 0 Å². The average molecular weight is 342 g/mol. The third-order valence-electron chi connectivity index (χ3n) is 2.15. The SMILES string of the molecule is C=C(C=C[CH2-])[SiH](C)C.C=C(C=C[CH2-])[SiH](C)C.[Zr+2]. The van der Waals surface area contributed by atoms with Crippen molar-refractivity contribution in [1.82, 2.24) is 0 Å². The molecule has 0 radical (unpaired) electrons. The molecule has 0 aromatic carbocycles. The monoisotopic (exact) mass is 340 g/mol. The second kappa shape index (κ2) is 14.1. The minimum atomic E-state index is -0.604. The van der Waals surface area contributed by atoms with Gasteiger partial charge in [0, 0.05) is 17.6 Å². The van der Waals surface area contributed by atoms with Gasteiger partial charge >= 0.3 is 26.2 Å². The van der Waals surface area contributed by atoms with Crippen LogP contribution < -0.4 is 0 Å². The molecule has 0 unspecified atom stereocenters. The van der Waals surface area contributed by atoms with Crippen LogP contribution in [-0.4, -0.2) is 17.6 Å². The molecule has 0 aliphatic heterocycles. The first-order valence-electron chi connectivity index (χ1n) is 5.65. The smallest absolute Gasteiger partial charge is 0.245 e. The Balaban J connectivity index is -0.000000218. The van der Waals surface area contributed by atoms with Crippen molar-refractivity contribution < 1.29 is 26.2 Å². The zero-order valence-electron chi connectivity index (χ0n) is 11.8. The molecule has 0 bridgehead atoms. The minimum Gasteiger partial charge on any atom is -0.245 e. The Hall–Kier alpha value is 0.0169. The Bertz CT molecular complexity index is 235. The van der Waals surface area contributed by atoms with Crippen molar-refractivity contribution >= 4 is 17.6 Å². The summed E-state index contributed by atoms with van der Waals surface area (Å²) >= 11 is 0. The molecule has 0 heterocycles. The van der Waals surface area contributed by atoms with E-state index in [9.17, 15) is 0 Å². The van der Waals surface area contributed by atoms with E-state index < -0.39 is 17.6 Å². The second-order valence-electron chi connectivity index (χ2n) is 4.26. The van der Waals surface area contributed by atoms with Gasteiger partial charge in [-0.25, -0.2) is 38.2 Å². The Morgan fingerprint density at radius 1 is 0.824 bits per heavy atom. The molecule has 0 fully saturated rings. The van der Waals surface area contributed by atoms with E-state index in [4.69, 9.17) is 0 Å². The van der Waals surface area contributed by atoms with Crippen molar-refractivity contribution in [1.29, 1.82) is 0 Å². The van der Waals surface area contributed by atoms with Gasteiger partial charge in [-0.3, -0.25) is 0 Å². The van der Waals surface area contributed by atoms with Gasteiger partial charge in [0.05, 0.1) is 0 Å². The zero-order chi connectivity index (χ0) is 13.1. The van der Waals surface area contributed by atoms with E-state index in [1.807, 2.05) is 12.2 Å². The average Bonchev–Trinajstić information content (AvgIpc) is 2.19. The summed E-state index contributed by atoms with van der Waals surface area (Å²) in [5.41, 5.74) is 0. The van der Waals surface area contributed by atoms with Crippen LogP contribution in [0, 0.1) is 13.8 Å². The van der Waals surface area contributed by atoms with Crippen molar-refractivity contribution in [2.45, 2.75) is 26.2 Å². The molecule has 0 atom stereocenters. The second-order valence-corrected chi connectivity index (χ2v) is 10.4. The third-order valence-corrected chi connectivity index (χ3v) is 5.50. The van der Waals surface area contributed by atoms with Crippen LogP contribution >= 0.6 is 0 Å². The standard InChI is InChI=1S/2C7H13Si.Zr/c2*1-5-6-7(2)8(3)4;/h2*5-6,8H,1-2H2,3-4H3;/q2*-1;+2. The van der Waals surface area contributed by atoms with Crippen LogP contribution in [0.1, 0.15) is 0 Å². The van der Waals surface area contributed by atoms with Crippen molar-refractivity contribution in [3.05, 3.63) is 61.7 Å². The molecule has 0 aromatic rings. The third kappa shape index (κ3) is 16.0. The normalized spacial score (nSPS) is 10.2. The van der Waals surface area contributed by atoms with E-state index in [-0.39, 0.29) is 26.2 Å². The molecule has 0 spiro atoms. The number of allylic oxidation sites excluding steroid dienone is 6. The van der Waals surface area contributed by atoms with Crippen LogP contribution in [0.4, 0.5) is 0 Å². The van der Waals surface area contributed by atoms with Gasteiger partial charge in [0.25, 0.3) is 0 Å². The first-order valence-corrected chi connectivity index (χ1v) is 11.4. The zero-order valence-corrected chi connectivity index (χ0v) is 16.6. The van der Waals surface area contributed by atoms with E-state index in [0.29, 0.717) is 0 Å².